The Hall–Kier alpha value is -2.43. The minimum Gasteiger partial charge on any atom is -0.399 e. The van der Waals surface area contributed by atoms with Gasteiger partial charge in [0.1, 0.15) is 11.6 Å². The monoisotopic (exact) mass is 228 g/mol. The highest BCUT2D eigenvalue weighted by atomic mass is 19.1. The number of benzene rings is 1. The second-order valence-corrected chi connectivity index (χ2v) is 3.72. The highest BCUT2D eigenvalue weighted by molar-refractivity contribution is 5.78. The van der Waals surface area contributed by atoms with E-state index in [0.717, 1.165) is 11.0 Å². The van der Waals surface area contributed by atoms with E-state index in [0.29, 0.717) is 17.1 Å². The van der Waals surface area contributed by atoms with Crippen LogP contribution in [0.5, 0.6) is 0 Å². The molecule has 0 fully saturated rings. The molecule has 0 saturated carbocycles. The van der Waals surface area contributed by atoms with Gasteiger partial charge in [0, 0.05) is 11.9 Å². The number of fused-ring (bicyclic) bond motifs is 1. The van der Waals surface area contributed by atoms with Gasteiger partial charge in [0.05, 0.1) is 22.8 Å². The largest absolute Gasteiger partial charge is 0.399 e. The van der Waals surface area contributed by atoms with Gasteiger partial charge in [-0.15, -0.1) is 0 Å². The van der Waals surface area contributed by atoms with Crippen molar-refractivity contribution in [3.8, 4) is 11.4 Å². The average Bonchev–Trinajstić information content (AvgIpc) is 2.75. The molecule has 0 spiro atoms. The molecule has 0 saturated heterocycles. The predicted molar refractivity (Wildman–Crippen MR) is 63.7 cm³/mol. The first-order chi connectivity index (χ1) is 8.24. The number of aromatic amines is 1. The van der Waals surface area contributed by atoms with Crippen LogP contribution < -0.4 is 5.73 Å². The van der Waals surface area contributed by atoms with Crippen molar-refractivity contribution in [1.82, 2.24) is 15.0 Å². The Balaban J connectivity index is 2.23. The van der Waals surface area contributed by atoms with Crippen LogP contribution in [0.15, 0.2) is 36.7 Å². The molecule has 0 aliphatic heterocycles. The molecule has 0 unspecified atom stereocenters. The third-order valence-electron chi connectivity index (χ3n) is 2.53. The van der Waals surface area contributed by atoms with Gasteiger partial charge in [-0.3, -0.25) is 4.98 Å². The number of hydrogen-bond donors (Lipinski definition) is 2. The summed E-state index contributed by atoms with van der Waals surface area (Å²) >= 11 is 0. The molecule has 5 heteroatoms. The topological polar surface area (TPSA) is 67.6 Å². The van der Waals surface area contributed by atoms with Gasteiger partial charge in [-0.05, 0) is 24.3 Å². The van der Waals surface area contributed by atoms with E-state index in [2.05, 4.69) is 15.0 Å². The van der Waals surface area contributed by atoms with Crippen molar-refractivity contribution in [2.75, 3.05) is 5.73 Å². The third-order valence-corrected chi connectivity index (χ3v) is 2.53. The Bertz CT molecular complexity index is 657. The lowest BCUT2D eigenvalue weighted by Gasteiger charge is -2.00. The maximum absolute atomic E-state index is 13.7. The van der Waals surface area contributed by atoms with E-state index in [1.165, 1.54) is 12.1 Å². The van der Waals surface area contributed by atoms with Crippen molar-refractivity contribution in [3.05, 3.63) is 42.5 Å². The summed E-state index contributed by atoms with van der Waals surface area (Å²) in [4.78, 5) is 11.3. The molecule has 0 radical (unpaired) electrons. The first kappa shape index (κ1) is 9.77. The van der Waals surface area contributed by atoms with Crippen molar-refractivity contribution < 1.29 is 4.39 Å². The Morgan fingerprint density at radius 1 is 1.24 bits per heavy atom. The van der Waals surface area contributed by atoms with Gasteiger partial charge in [-0.1, -0.05) is 0 Å². The van der Waals surface area contributed by atoms with Crippen molar-refractivity contribution in [3.63, 3.8) is 0 Å². The maximum Gasteiger partial charge on any atom is 0.141 e. The van der Waals surface area contributed by atoms with Gasteiger partial charge < -0.3 is 10.7 Å². The van der Waals surface area contributed by atoms with Gasteiger partial charge in [0.2, 0.25) is 0 Å². The zero-order valence-electron chi connectivity index (χ0n) is 8.81. The van der Waals surface area contributed by atoms with Crippen LogP contribution in [0.1, 0.15) is 0 Å². The van der Waals surface area contributed by atoms with E-state index in [-0.39, 0.29) is 5.82 Å². The summed E-state index contributed by atoms with van der Waals surface area (Å²) in [5, 5.41) is 0. The standard InChI is InChI=1S/C12H9FN4/c13-9-2-1-7(14)5-8(9)12-16-10-3-4-15-6-11(10)17-12/h1-6H,14H2,(H,16,17). The molecule has 17 heavy (non-hydrogen) atoms. The second-order valence-electron chi connectivity index (χ2n) is 3.72. The number of aromatic nitrogens is 3. The Kier molecular flexibility index (Phi) is 2.04. The molecule has 3 aromatic rings. The quantitative estimate of drug-likeness (QED) is 0.628. The van der Waals surface area contributed by atoms with Crippen LogP contribution in [0.2, 0.25) is 0 Å². The molecule has 0 aliphatic carbocycles. The fourth-order valence-electron chi connectivity index (χ4n) is 1.71. The smallest absolute Gasteiger partial charge is 0.141 e. The number of nitrogens with zero attached hydrogens (tertiary/aromatic N) is 2. The highest BCUT2D eigenvalue weighted by Crippen LogP contribution is 2.24. The first-order valence-electron chi connectivity index (χ1n) is 5.09. The van der Waals surface area contributed by atoms with Gasteiger partial charge in [-0.2, -0.15) is 0 Å². The SMILES string of the molecule is Nc1ccc(F)c(-c2nc3ccncc3[nH]2)c1. The van der Waals surface area contributed by atoms with E-state index in [1.54, 1.807) is 24.5 Å². The lowest BCUT2D eigenvalue weighted by molar-refractivity contribution is 0.630. The number of halogens is 1. The summed E-state index contributed by atoms with van der Waals surface area (Å²) in [6.45, 7) is 0. The molecule has 3 N–H and O–H groups in total. The molecule has 0 aliphatic rings. The normalized spacial score (nSPS) is 10.9. The molecular weight excluding hydrogens is 219 g/mol. The van der Waals surface area contributed by atoms with Gasteiger partial charge in [0.15, 0.2) is 0 Å². The van der Waals surface area contributed by atoms with Crippen LogP contribution in [-0.2, 0) is 0 Å². The van der Waals surface area contributed by atoms with Crippen LogP contribution in [0.25, 0.3) is 22.4 Å². The number of hydrogen-bond acceptors (Lipinski definition) is 3. The summed E-state index contributed by atoms with van der Waals surface area (Å²) < 4.78 is 13.7. The summed E-state index contributed by atoms with van der Waals surface area (Å²) in [6, 6.07) is 6.17. The molecule has 2 aromatic heterocycles. The molecule has 0 amide bonds. The van der Waals surface area contributed by atoms with Gasteiger partial charge in [0.25, 0.3) is 0 Å². The first-order valence-corrected chi connectivity index (χ1v) is 5.09. The number of anilines is 1. The van der Waals surface area contributed by atoms with Gasteiger partial charge >= 0.3 is 0 Å². The average molecular weight is 228 g/mol. The number of H-pyrrole nitrogens is 1. The number of imidazole rings is 1. The van der Waals surface area contributed by atoms with Crippen LogP contribution in [0, 0.1) is 5.82 Å². The van der Waals surface area contributed by atoms with Crippen molar-refractivity contribution in [2.24, 2.45) is 0 Å². The minimum atomic E-state index is -0.355. The van der Waals surface area contributed by atoms with Crippen molar-refractivity contribution in [2.45, 2.75) is 0 Å². The Labute approximate surface area is 96.3 Å². The van der Waals surface area contributed by atoms with Crippen molar-refractivity contribution in [1.29, 1.82) is 0 Å². The van der Waals surface area contributed by atoms with E-state index in [9.17, 15) is 4.39 Å². The lowest BCUT2D eigenvalue weighted by Crippen LogP contribution is -1.90. The number of pyridine rings is 1. The summed E-state index contributed by atoms with van der Waals surface area (Å²) in [7, 11) is 0. The van der Waals surface area contributed by atoms with Crippen LogP contribution in [0.4, 0.5) is 10.1 Å². The number of nitrogens with two attached hydrogens (primary N) is 1. The van der Waals surface area contributed by atoms with E-state index >= 15 is 0 Å². The zero-order valence-corrected chi connectivity index (χ0v) is 8.81. The third kappa shape index (κ3) is 1.61. The maximum atomic E-state index is 13.7. The predicted octanol–water partition coefficient (Wildman–Crippen LogP) is 2.35. The lowest BCUT2D eigenvalue weighted by atomic mass is 10.2. The van der Waals surface area contributed by atoms with Crippen LogP contribution >= 0.6 is 0 Å². The Morgan fingerprint density at radius 3 is 2.94 bits per heavy atom. The zero-order chi connectivity index (χ0) is 11.8. The number of rotatable bonds is 1. The molecule has 1 aromatic carbocycles. The van der Waals surface area contributed by atoms with E-state index in [1.807, 2.05) is 0 Å². The fraction of sp³-hybridized carbons (Fsp3) is 0. The summed E-state index contributed by atoms with van der Waals surface area (Å²) in [6.07, 6.45) is 3.29. The molecular formula is C12H9FN4. The molecule has 84 valence electrons. The summed E-state index contributed by atoms with van der Waals surface area (Å²) in [5.41, 5.74) is 8.02. The highest BCUT2D eigenvalue weighted by Gasteiger charge is 2.10. The minimum absolute atomic E-state index is 0.355. The van der Waals surface area contributed by atoms with Crippen LogP contribution in [-0.4, -0.2) is 15.0 Å². The van der Waals surface area contributed by atoms with Gasteiger partial charge in [-0.25, -0.2) is 9.37 Å². The second kappa shape index (κ2) is 3.55. The molecule has 4 nitrogen and oxygen atoms in total. The van der Waals surface area contributed by atoms with Crippen molar-refractivity contribution >= 4 is 16.7 Å². The molecule has 0 atom stereocenters. The fourth-order valence-corrected chi connectivity index (χ4v) is 1.71. The molecule has 3 rings (SSSR count). The number of nitrogens with one attached hydrogen (secondary N) is 1. The Morgan fingerprint density at radius 2 is 2.12 bits per heavy atom. The van der Waals surface area contributed by atoms with E-state index < -0.39 is 0 Å². The number of nitrogen functional groups attached to an aromatic ring is 1. The molecule has 0 bridgehead atoms. The van der Waals surface area contributed by atoms with E-state index in [4.69, 9.17) is 5.73 Å². The van der Waals surface area contributed by atoms with Crippen LogP contribution in [0.3, 0.4) is 0 Å². The summed E-state index contributed by atoms with van der Waals surface area (Å²) in [5.74, 6) is 0.101. The molecule has 2 heterocycles.